The number of carbonyl (C=O) groups is 1. The summed E-state index contributed by atoms with van der Waals surface area (Å²) in [5.74, 6) is 0.375. The van der Waals surface area contributed by atoms with Gasteiger partial charge in [-0.1, -0.05) is 13.3 Å². The number of hydrogen-bond acceptors (Lipinski definition) is 6. The zero-order valence-corrected chi connectivity index (χ0v) is 18.6. The van der Waals surface area contributed by atoms with E-state index in [1.807, 2.05) is 0 Å². The molecule has 0 aliphatic heterocycles. The van der Waals surface area contributed by atoms with Crippen molar-refractivity contribution in [3.05, 3.63) is 38.2 Å². The fraction of sp³-hybridized carbons (Fsp3) is 0.435. The second-order valence-corrected chi connectivity index (χ2v) is 10.6. The number of aryl methyl sites for hydroxylation is 2. The number of nitrogen functional groups attached to an aromatic ring is 1. The van der Waals surface area contributed by atoms with E-state index in [9.17, 15) is 10.1 Å². The van der Waals surface area contributed by atoms with E-state index in [2.05, 4.69) is 24.4 Å². The molecule has 5 rings (SSSR count). The second kappa shape index (κ2) is 7.68. The van der Waals surface area contributed by atoms with Crippen molar-refractivity contribution in [2.75, 3.05) is 11.1 Å². The van der Waals surface area contributed by atoms with Crippen LogP contribution in [0.15, 0.2) is 6.07 Å². The van der Waals surface area contributed by atoms with Crippen molar-refractivity contribution in [1.82, 2.24) is 4.98 Å². The molecule has 1 amide bonds. The third-order valence-corrected chi connectivity index (χ3v) is 8.59. The Kier molecular flexibility index (Phi) is 5.00. The lowest BCUT2D eigenvalue weighted by atomic mass is 9.89. The SMILES string of the molecule is CC1CCc2c(sc(NC(=O)c3sc4nc5c(cc4c3N)CCCCC5)c2C#N)C1. The maximum absolute atomic E-state index is 13.1. The molecule has 3 aromatic heterocycles. The van der Waals surface area contributed by atoms with Gasteiger partial charge in [-0.2, -0.15) is 5.26 Å². The number of nitrogens with one attached hydrogen (secondary N) is 1. The molecule has 7 heteroatoms. The van der Waals surface area contributed by atoms with E-state index < -0.39 is 0 Å². The highest BCUT2D eigenvalue weighted by Gasteiger charge is 2.26. The molecule has 2 aliphatic rings. The number of thiophene rings is 2. The van der Waals surface area contributed by atoms with Gasteiger partial charge in [0.15, 0.2) is 0 Å². The minimum absolute atomic E-state index is 0.242. The molecule has 1 unspecified atom stereocenters. The molecule has 3 heterocycles. The maximum Gasteiger partial charge on any atom is 0.268 e. The Morgan fingerprint density at radius 3 is 2.93 bits per heavy atom. The van der Waals surface area contributed by atoms with Crippen LogP contribution in [0.2, 0.25) is 0 Å². The Morgan fingerprint density at radius 2 is 2.10 bits per heavy atom. The number of rotatable bonds is 2. The Balaban J connectivity index is 1.49. The highest BCUT2D eigenvalue weighted by molar-refractivity contribution is 7.21. The number of nitrogens with zero attached hydrogens (tertiary/aromatic N) is 2. The lowest BCUT2D eigenvalue weighted by Gasteiger charge is -2.17. The molecule has 0 saturated heterocycles. The number of carbonyl (C=O) groups excluding carboxylic acids is 1. The number of nitriles is 1. The molecule has 0 spiro atoms. The van der Waals surface area contributed by atoms with Gasteiger partial charge >= 0.3 is 0 Å². The lowest BCUT2D eigenvalue weighted by molar-refractivity contribution is 0.103. The third kappa shape index (κ3) is 3.28. The molecule has 0 aromatic carbocycles. The summed E-state index contributed by atoms with van der Waals surface area (Å²) in [6.07, 6.45) is 8.57. The van der Waals surface area contributed by atoms with Crippen molar-refractivity contribution >= 4 is 49.5 Å². The van der Waals surface area contributed by atoms with Gasteiger partial charge in [0, 0.05) is 16.0 Å². The number of fused-ring (bicyclic) bond motifs is 3. The normalized spacial score (nSPS) is 18.3. The molecular formula is C23H24N4OS2. The Morgan fingerprint density at radius 1 is 1.27 bits per heavy atom. The van der Waals surface area contributed by atoms with E-state index in [-0.39, 0.29) is 5.91 Å². The van der Waals surface area contributed by atoms with E-state index in [0.29, 0.717) is 27.0 Å². The first-order valence-corrected chi connectivity index (χ1v) is 12.2. The van der Waals surface area contributed by atoms with E-state index in [1.165, 1.54) is 34.6 Å². The predicted octanol–water partition coefficient (Wildman–Crippen LogP) is 5.46. The van der Waals surface area contributed by atoms with Crippen LogP contribution in [0.3, 0.4) is 0 Å². The molecule has 0 bridgehead atoms. The van der Waals surface area contributed by atoms with Gasteiger partial charge in [-0.05, 0) is 68.1 Å². The van der Waals surface area contributed by atoms with Crippen LogP contribution in [-0.4, -0.2) is 10.9 Å². The van der Waals surface area contributed by atoms with E-state index in [4.69, 9.17) is 10.7 Å². The van der Waals surface area contributed by atoms with Crippen molar-refractivity contribution in [3.8, 4) is 6.07 Å². The predicted molar refractivity (Wildman–Crippen MR) is 123 cm³/mol. The molecule has 3 aromatic rings. The first-order valence-electron chi connectivity index (χ1n) is 10.6. The molecule has 0 fully saturated rings. The number of anilines is 2. The summed E-state index contributed by atoms with van der Waals surface area (Å²) in [4.78, 5) is 20.5. The van der Waals surface area contributed by atoms with E-state index >= 15 is 0 Å². The van der Waals surface area contributed by atoms with Crippen molar-refractivity contribution in [2.45, 2.75) is 58.3 Å². The molecule has 2 aliphatic carbocycles. The van der Waals surface area contributed by atoms with Gasteiger partial charge in [0.05, 0.1) is 11.3 Å². The van der Waals surface area contributed by atoms with Crippen molar-refractivity contribution in [2.24, 2.45) is 5.92 Å². The summed E-state index contributed by atoms with van der Waals surface area (Å²) in [6, 6.07) is 4.45. The zero-order valence-electron chi connectivity index (χ0n) is 17.0. The van der Waals surface area contributed by atoms with Crippen LogP contribution < -0.4 is 11.1 Å². The number of pyridine rings is 1. The van der Waals surface area contributed by atoms with Crippen LogP contribution in [0.25, 0.3) is 10.2 Å². The average Bonchev–Trinajstić information content (AvgIpc) is 3.12. The summed E-state index contributed by atoms with van der Waals surface area (Å²) < 4.78 is 0. The highest BCUT2D eigenvalue weighted by atomic mass is 32.1. The van der Waals surface area contributed by atoms with E-state index in [0.717, 1.165) is 60.0 Å². The third-order valence-electron chi connectivity index (χ3n) is 6.31. The summed E-state index contributed by atoms with van der Waals surface area (Å²) in [5.41, 5.74) is 11.1. The number of amides is 1. The highest BCUT2D eigenvalue weighted by Crippen LogP contribution is 2.40. The molecule has 0 radical (unpaired) electrons. The van der Waals surface area contributed by atoms with Gasteiger partial charge in [-0.15, -0.1) is 22.7 Å². The Hall–Kier alpha value is -2.43. The van der Waals surface area contributed by atoms with Crippen LogP contribution in [-0.2, 0) is 25.7 Å². The summed E-state index contributed by atoms with van der Waals surface area (Å²) in [6.45, 7) is 2.24. The van der Waals surface area contributed by atoms with Crippen molar-refractivity contribution < 1.29 is 4.79 Å². The minimum atomic E-state index is -0.242. The van der Waals surface area contributed by atoms with Crippen LogP contribution in [0.5, 0.6) is 0 Å². The number of aromatic nitrogens is 1. The van der Waals surface area contributed by atoms with E-state index in [1.54, 1.807) is 11.3 Å². The molecule has 154 valence electrons. The molecule has 30 heavy (non-hydrogen) atoms. The molecular weight excluding hydrogens is 412 g/mol. The zero-order chi connectivity index (χ0) is 20.8. The monoisotopic (exact) mass is 436 g/mol. The molecule has 0 saturated carbocycles. The quantitative estimate of drug-likeness (QED) is 0.522. The smallest absolute Gasteiger partial charge is 0.268 e. The first-order chi connectivity index (χ1) is 14.5. The van der Waals surface area contributed by atoms with Gasteiger partial charge in [-0.3, -0.25) is 4.79 Å². The van der Waals surface area contributed by atoms with Crippen LogP contribution in [0, 0.1) is 17.2 Å². The largest absolute Gasteiger partial charge is 0.397 e. The van der Waals surface area contributed by atoms with Crippen molar-refractivity contribution in [1.29, 1.82) is 5.26 Å². The molecule has 1 atom stereocenters. The second-order valence-electron chi connectivity index (χ2n) is 8.47. The fourth-order valence-electron chi connectivity index (χ4n) is 4.62. The summed E-state index contributed by atoms with van der Waals surface area (Å²) >= 11 is 2.90. The fourth-order valence-corrected chi connectivity index (χ4v) is 6.97. The topological polar surface area (TPSA) is 91.8 Å². The van der Waals surface area contributed by atoms with Gasteiger partial charge in [0.2, 0.25) is 0 Å². The van der Waals surface area contributed by atoms with Crippen LogP contribution in [0.1, 0.15) is 69.5 Å². The molecule has 3 N–H and O–H groups in total. The number of hydrogen-bond donors (Lipinski definition) is 2. The Labute approximate surface area is 183 Å². The van der Waals surface area contributed by atoms with Crippen LogP contribution >= 0.6 is 22.7 Å². The number of nitrogens with two attached hydrogens (primary N) is 1. The van der Waals surface area contributed by atoms with Gasteiger partial charge in [-0.25, -0.2) is 4.98 Å². The first kappa shape index (κ1) is 19.5. The summed E-state index contributed by atoms with van der Waals surface area (Å²) in [7, 11) is 0. The Bertz CT molecular complexity index is 1200. The van der Waals surface area contributed by atoms with Gasteiger partial charge in [0.1, 0.15) is 20.8 Å². The molecule has 5 nitrogen and oxygen atoms in total. The minimum Gasteiger partial charge on any atom is -0.397 e. The standard InChI is InChI=1S/C23H24N4OS2/c1-12-7-8-14-16(11-24)23(29-18(14)9-12)27-21(28)20-19(25)15-10-13-5-3-2-4-6-17(13)26-22(15)30-20/h10,12H,2-9,25H2,1H3,(H,27,28). The van der Waals surface area contributed by atoms with Crippen LogP contribution in [0.4, 0.5) is 10.7 Å². The average molecular weight is 437 g/mol. The maximum atomic E-state index is 13.1. The van der Waals surface area contributed by atoms with Gasteiger partial charge in [0.25, 0.3) is 5.91 Å². The lowest BCUT2D eigenvalue weighted by Crippen LogP contribution is -2.12. The van der Waals surface area contributed by atoms with Crippen molar-refractivity contribution in [3.63, 3.8) is 0 Å². The van der Waals surface area contributed by atoms with Gasteiger partial charge < -0.3 is 11.1 Å². The summed E-state index contributed by atoms with van der Waals surface area (Å²) in [5, 5.41) is 14.2.